The Bertz CT molecular complexity index is 833. The highest BCUT2D eigenvalue weighted by atomic mass is 16.2. The van der Waals surface area contributed by atoms with Crippen LogP contribution in [0.25, 0.3) is 10.9 Å². The highest BCUT2D eigenvalue weighted by molar-refractivity contribution is 6.09. The minimum absolute atomic E-state index is 0.0641. The molecule has 1 amide bonds. The molecule has 0 aliphatic carbocycles. The van der Waals surface area contributed by atoms with Gasteiger partial charge in [0.25, 0.3) is 5.91 Å². The van der Waals surface area contributed by atoms with Crippen LogP contribution >= 0.6 is 0 Å². The Morgan fingerprint density at radius 1 is 1.00 bits per heavy atom. The van der Waals surface area contributed by atoms with Crippen LogP contribution in [0.5, 0.6) is 0 Å². The molecule has 23 heavy (non-hydrogen) atoms. The van der Waals surface area contributed by atoms with Gasteiger partial charge in [-0.25, -0.2) is 0 Å². The van der Waals surface area contributed by atoms with Gasteiger partial charge in [-0.2, -0.15) is 0 Å². The largest absolute Gasteiger partial charge is 0.337 e. The van der Waals surface area contributed by atoms with E-state index in [1.54, 1.807) is 0 Å². The molecule has 118 valence electrons. The van der Waals surface area contributed by atoms with Crippen molar-refractivity contribution in [3.8, 4) is 0 Å². The number of carbonyl (C=O) groups excluding carboxylic acids is 1. The van der Waals surface area contributed by atoms with Gasteiger partial charge in [-0.05, 0) is 44.5 Å². The minimum atomic E-state index is 0.0641. The van der Waals surface area contributed by atoms with Crippen molar-refractivity contribution in [2.24, 2.45) is 0 Å². The summed E-state index contributed by atoms with van der Waals surface area (Å²) in [5.41, 5.74) is 3.91. The second kappa shape index (κ2) is 6.29. The van der Waals surface area contributed by atoms with Crippen LogP contribution in [-0.4, -0.2) is 17.0 Å². The van der Waals surface area contributed by atoms with Gasteiger partial charge in [0.15, 0.2) is 0 Å². The normalized spacial score (nSPS) is 10.9. The van der Waals surface area contributed by atoms with Gasteiger partial charge in [0.1, 0.15) is 5.69 Å². The molecule has 0 spiro atoms. The average molecular weight is 306 g/mol. The third-order valence-electron chi connectivity index (χ3n) is 4.37. The summed E-state index contributed by atoms with van der Waals surface area (Å²) in [4.78, 5) is 15.1. The van der Waals surface area contributed by atoms with Crippen LogP contribution in [0, 0.1) is 6.92 Å². The lowest BCUT2D eigenvalue weighted by Gasteiger charge is -2.22. The first-order valence-corrected chi connectivity index (χ1v) is 8.13. The lowest BCUT2D eigenvalue weighted by Crippen LogP contribution is -2.32. The topological polar surface area (TPSA) is 25.2 Å². The van der Waals surface area contributed by atoms with E-state index in [0.717, 1.165) is 34.4 Å². The molecule has 1 aromatic heterocycles. The zero-order valence-corrected chi connectivity index (χ0v) is 13.9. The van der Waals surface area contributed by atoms with Gasteiger partial charge in [0, 0.05) is 29.7 Å². The first-order valence-electron chi connectivity index (χ1n) is 8.13. The van der Waals surface area contributed by atoms with Gasteiger partial charge in [-0.3, -0.25) is 4.79 Å². The summed E-state index contributed by atoms with van der Waals surface area (Å²) in [6, 6.07) is 18.1. The van der Waals surface area contributed by atoms with Crippen LogP contribution in [0.15, 0.2) is 54.6 Å². The van der Waals surface area contributed by atoms with E-state index in [4.69, 9.17) is 0 Å². The number of rotatable bonds is 4. The van der Waals surface area contributed by atoms with Crippen molar-refractivity contribution in [3.63, 3.8) is 0 Å². The van der Waals surface area contributed by atoms with E-state index in [9.17, 15) is 4.79 Å². The lowest BCUT2D eigenvalue weighted by molar-refractivity contribution is 0.0979. The number of amides is 1. The highest BCUT2D eigenvalue weighted by Crippen LogP contribution is 2.28. The fraction of sp³-hybridized carbons (Fsp3) is 0.250. The third kappa shape index (κ3) is 2.52. The second-order valence-electron chi connectivity index (χ2n) is 5.62. The van der Waals surface area contributed by atoms with Crippen molar-refractivity contribution in [1.82, 2.24) is 4.57 Å². The molecule has 0 N–H and O–H groups in total. The quantitative estimate of drug-likeness (QED) is 0.689. The Kier molecular flexibility index (Phi) is 4.20. The van der Waals surface area contributed by atoms with Crippen LogP contribution in [0.2, 0.25) is 0 Å². The molecule has 0 fully saturated rings. The van der Waals surface area contributed by atoms with Crippen molar-refractivity contribution in [2.45, 2.75) is 27.3 Å². The SMILES string of the molecule is CCN(C(=O)c1c(C)c2ccccc2n1CC)c1ccccc1. The zero-order chi connectivity index (χ0) is 16.4. The Labute approximate surface area is 137 Å². The second-order valence-corrected chi connectivity index (χ2v) is 5.62. The highest BCUT2D eigenvalue weighted by Gasteiger charge is 2.24. The van der Waals surface area contributed by atoms with Crippen molar-refractivity contribution < 1.29 is 4.79 Å². The van der Waals surface area contributed by atoms with Crippen LogP contribution in [0.1, 0.15) is 29.9 Å². The van der Waals surface area contributed by atoms with E-state index in [2.05, 4.69) is 23.6 Å². The van der Waals surface area contributed by atoms with Gasteiger partial charge < -0.3 is 9.47 Å². The first-order chi connectivity index (χ1) is 11.2. The number of hydrogen-bond donors (Lipinski definition) is 0. The predicted molar refractivity (Wildman–Crippen MR) is 96.1 cm³/mol. The maximum absolute atomic E-state index is 13.3. The van der Waals surface area contributed by atoms with Crippen molar-refractivity contribution >= 4 is 22.5 Å². The lowest BCUT2D eigenvalue weighted by atomic mass is 10.1. The monoisotopic (exact) mass is 306 g/mol. The van der Waals surface area contributed by atoms with Crippen LogP contribution in [0.4, 0.5) is 5.69 Å². The Morgan fingerprint density at radius 3 is 2.30 bits per heavy atom. The maximum Gasteiger partial charge on any atom is 0.275 e. The number of nitrogens with zero attached hydrogens (tertiary/aromatic N) is 2. The van der Waals surface area contributed by atoms with Crippen molar-refractivity contribution in [3.05, 3.63) is 65.9 Å². The maximum atomic E-state index is 13.3. The number of hydrogen-bond acceptors (Lipinski definition) is 1. The molecule has 0 unspecified atom stereocenters. The van der Waals surface area contributed by atoms with E-state index in [-0.39, 0.29) is 5.91 Å². The average Bonchev–Trinajstić information content (AvgIpc) is 2.89. The fourth-order valence-electron chi connectivity index (χ4n) is 3.26. The molecule has 3 nitrogen and oxygen atoms in total. The van der Waals surface area contributed by atoms with Crippen molar-refractivity contribution in [2.75, 3.05) is 11.4 Å². The molecular weight excluding hydrogens is 284 g/mol. The molecule has 3 rings (SSSR count). The molecule has 1 heterocycles. The summed E-state index contributed by atoms with van der Waals surface area (Å²) >= 11 is 0. The van der Waals surface area contributed by atoms with Crippen molar-refractivity contribution in [1.29, 1.82) is 0 Å². The van der Waals surface area contributed by atoms with Gasteiger partial charge in [0.05, 0.1) is 0 Å². The smallest absolute Gasteiger partial charge is 0.275 e. The molecule has 0 bridgehead atoms. The summed E-state index contributed by atoms with van der Waals surface area (Å²) in [5.74, 6) is 0.0641. The minimum Gasteiger partial charge on any atom is -0.337 e. The first kappa shape index (κ1) is 15.3. The Morgan fingerprint density at radius 2 is 1.65 bits per heavy atom. The summed E-state index contributed by atoms with van der Waals surface area (Å²) in [6.45, 7) is 7.57. The van der Waals surface area contributed by atoms with Crippen LogP contribution < -0.4 is 4.90 Å². The van der Waals surface area contributed by atoms with Gasteiger partial charge in [-0.1, -0.05) is 36.4 Å². The molecule has 0 radical (unpaired) electrons. The molecule has 2 aromatic carbocycles. The van der Waals surface area contributed by atoms with Crippen LogP contribution in [-0.2, 0) is 6.54 Å². The summed E-state index contributed by atoms with van der Waals surface area (Å²) in [5, 5.41) is 1.15. The van der Waals surface area contributed by atoms with Gasteiger partial charge in [-0.15, -0.1) is 0 Å². The Balaban J connectivity index is 2.15. The molecule has 0 aliphatic heterocycles. The molecule has 0 aliphatic rings. The number of para-hydroxylation sites is 2. The molecular formula is C20H22N2O. The summed E-state index contributed by atoms with van der Waals surface area (Å²) in [6.07, 6.45) is 0. The third-order valence-corrected chi connectivity index (χ3v) is 4.37. The number of fused-ring (bicyclic) bond motifs is 1. The van der Waals surface area contributed by atoms with Gasteiger partial charge >= 0.3 is 0 Å². The van der Waals surface area contributed by atoms with E-state index in [1.165, 1.54) is 0 Å². The zero-order valence-electron chi connectivity index (χ0n) is 13.9. The summed E-state index contributed by atoms with van der Waals surface area (Å²) in [7, 11) is 0. The van der Waals surface area contributed by atoms with E-state index >= 15 is 0 Å². The van der Waals surface area contributed by atoms with E-state index < -0.39 is 0 Å². The van der Waals surface area contributed by atoms with Gasteiger partial charge in [0.2, 0.25) is 0 Å². The number of anilines is 1. The molecule has 3 heteroatoms. The Hall–Kier alpha value is -2.55. The standard InChI is InChI=1S/C20H22N2O/c1-4-21(16-11-7-6-8-12-16)20(23)19-15(3)17-13-9-10-14-18(17)22(19)5-2/h6-14H,4-5H2,1-3H3. The summed E-state index contributed by atoms with van der Waals surface area (Å²) < 4.78 is 2.12. The van der Waals surface area contributed by atoms with E-state index in [0.29, 0.717) is 6.54 Å². The van der Waals surface area contributed by atoms with E-state index in [1.807, 2.05) is 61.2 Å². The number of carbonyl (C=O) groups is 1. The molecule has 0 atom stereocenters. The molecule has 0 saturated carbocycles. The number of aryl methyl sites for hydroxylation is 2. The predicted octanol–water partition coefficient (Wildman–Crippen LogP) is 4.64. The fourth-order valence-corrected chi connectivity index (χ4v) is 3.26. The molecule has 3 aromatic rings. The van der Waals surface area contributed by atoms with Crippen LogP contribution in [0.3, 0.4) is 0 Å². The molecule has 0 saturated heterocycles. The number of aromatic nitrogens is 1. The number of benzene rings is 2.